The summed E-state index contributed by atoms with van der Waals surface area (Å²) in [5.41, 5.74) is 0.325. The first kappa shape index (κ1) is 15.9. The average molecular weight is 321 g/mol. The highest BCUT2D eigenvalue weighted by Gasteiger charge is 2.36. The van der Waals surface area contributed by atoms with Crippen molar-refractivity contribution < 1.29 is 4.79 Å². The van der Waals surface area contributed by atoms with Crippen molar-refractivity contribution in [2.24, 2.45) is 11.3 Å². The van der Waals surface area contributed by atoms with Crippen LogP contribution in [0.1, 0.15) is 63.3 Å². The average Bonchev–Trinajstić information content (AvgIpc) is 2.85. The van der Waals surface area contributed by atoms with Gasteiger partial charge in [-0.25, -0.2) is 4.98 Å². The van der Waals surface area contributed by atoms with Gasteiger partial charge in [0.2, 0.25) is 5.91 Å². The Labute approximate surface area is 137 Å². The second kappa shape index (κ2) is 6.28. The Morgan fingerprint density at radius 3 is 2.82 bits per heavy atom. The van der Waals surface area contributed by atoms with E-state index in [4.69, 9.17) is 0 Å². The van der Waals surface area contributed by atoms with Crippen LogP contribution >= 0.6 is 11.3 Å². The van der Waals surface area contributed by atoms with Crippen molar-refractivity contribution in [1.82, 2.24) is 10.3 Å². The molecule has 0 aliphatic heterocycles. The molecule has 1 heterocycles. The van der Waals surface area contributed by atoms with Gasteiger partial charge in [-0.15, -0.1) is 11.3 Å². The largest absolute Gasteiger partial charge is 0.317 e. The minimum absolute atomic E-state index is 0.157. The third-order valence-corrected chi connectivity index (χ3v) is 6.52. The van der Waals surface area contributed by atoms with Crippen LogP contribution in [0.3, 0.4) is 0 Å². The molecule has 0 radical (unpaired) electrons. The number of nitrogens with zero attached hydrogens (tertiary/aromatic N) is 1. The molecule has 122 valence electrons. The maximum atomic E-state index is 12.2. The van der Waals surface area contributed by atoms with E-state index in [0.717, 1.165) is 17.8 Å². The van der Waals surface area contributed by atoms with Gasteiger partial charge in [0.05, 0.1) is 11.2 Å². The summed E-state index contributed by atoms with van der Waals surface area (Å²) in [6.45, 7) is 4.70. The van der Waals surface area contributed by atoms with Crippen molar-refractivity contribution in [3.05, 3.63) is 11.2 Å². The van der Waals surface area contributed by atoms with Crippen LogP contribution in [-0.4, -0.2) is 24.0 Å². The van der Waals surface area contributed by atoms with Gasteiger partial charge in [0.1, 0.15) is 5.00 Å². The van der Waals surface area contributed by atoms with Crippen LogP contribution in [0, 0.1) is 11.3 Å². The van der Waals surface area contributed by atoms with E-state index in [1.807, 2.05) is 13.2 Å². The number of thiazole rings is 1. The van der Waals surface area contributed by atoms with Crippen molar-refractivity contribution in [3.8, 4) is 0 Å². The summed E-state index contributed by atoms with van der Waals surface area (Å²) in [6, 6.07) is 0.510. The highest BCUT2D eigenvalue weighted by Crippen LogP contribution is 2.48. The van der Waals surface area contributed by atoms with Crippen molar-refractivity contribution >= 4 is 22.2 Å². The second-order valence-electron chi connectivity index (χ2n) is 7.49. The van der Waals surface area contributed by atoms with Crippen LogP contribution < -0.4 is 10.6 Å². The number of carbonyl (C=O) groups excluding carboxylic acids is 1. The first-order chi connectivity index (χ1) is 10.5. The van der Waals surface area contributed by atoms with Gasteiger partial charge >= 0.3 is 0 Å². The molecular weight excluding hydrogens is 294 g/mol. The van der Waals surface area contributed by atoms with E-state index in [1.165, 1.54) is 30.7 Å². The molecule has 0 spiro atoms. The summed E-state index contributed by atoms with van der Waals surface area (Å²) in [5, 5.41) is 8.39. The van der Waals surface area contributed by atoms with E-state index >= 15 is 0 Å². The van der Waals surface area contributed by atoms with Gasteiger partial charge in [0.25, 0.3) is 0 Å². The molecule has 0 aromatic carbocycles. The minimum atomic E-state index is 0.157. The molecule has 4 nitrogen and oxygen atoms in total. The van der Waals surface area contributed by atoms with Crippen molar-refractivity contribution in [2.75, 3.05) is 12.4 Å². The number of hydrogen-bond acceptors (Lipinski definition) is 4. The van der Waals surface area contributed by atoms with Gasteiger partial charge in [-0.1, -0.05) is 26.7 Å². The quantitative estimate of drug-likeness (QED) is 0.887. The first-order valence-corrected chi connectivity index (χ1v) is 9.25. The van der Waals surface area contributed by atoms with Gasteiger partial charge < -0.3 is 10.6 Å². The lowest BCUT2D eigenvalue weighted by molar-refractivity contribution is -0.122. The van der Waals surface area contributed by atoms with E-state index in [0.29, 0.717) is 17.4 Å². The molecule has 2 N–H and O–H groups in total. The van der Waals surface area contributed by atoms with E-state index in [9.17, 15) is 4.79 Å². The smallest absolute Gasteiger partial charge is 0.228 e. The van der Waals surface area contributed by atoms with Crippen molar-refractivity contribution in [2.45, 2.75) is 64.3 Å². The molecule has 0 saturated heterocycles. The number of nitrogens with one attached hydrogen (secondary N) is 2. The van der Waals surface area contributed by atoms with E-state index in [2.05, 4.69) is 29.5 Å². The zero-order chi connectivity index (χ0) is 15.7. The highest BCUT2D eigenvalue weighted by molar-refractivity contribution is 7.15. The molecule has 2 fully saturated rings. The Morgan fingerprint density at radius 1 is 1.36 bits per heavy atom. The normalized spacial score (nSPS) is 30.6. The van der Waals surface area contributed by atoms with Crippen molar-refractivity contribution in [3.63, 3.8) is 0 Å². The molecular formula is C17H27N3OS. The Hall–Kier alpha value is -0.940. The lowest BCUT2D eigenvalue weighted by atomic mass is 9.69. The lowest BCUT2D eigenvalue weighted by Crippen LogP contribution is -2.44. The fourth-order valence-electron chi connectivity index (χ4n) is 3.75. The van der Waals surface area contributed by atoms with Gasteiger partial charge in [0.15, 0.2) is 0 Å². The summed E-state index contributed by atoms with van der Waals surface area (Å²) < 4.78 is 0. The van der Waals surface area contributed by atoms with Crippen molar-refractivity contribution in [1.29, 1.82) is 0 Å². The number of anilines is 1. The Bertz CT molecular complexity index is 534. The monoisotopic (exact) mass is 321 g/mol. The summed E-state index contributed by atoms with van der Waals surface area (Å²) in [4.78, 5) is 16.8. The number of carbonyl (C=O) groups is 1. The molecule has 1 aromatic rings. The zero-order valence-electron chi connectivity index (χ0n) is 13.8. The van der Waals surface area contributed by atoms with Crippen LogP contribution in [0.4, 0.5) is 5.00 Å². The summed E-state index contributed by atoms with van der Waals surface area (Å²) >= 11 is 1.67. The molecule has 2 aliphatic rings. The topological polar surface area (TPSA) is 54.0 Å². The molecule has 1 amide bonds. The third kappa shape index (κ3) is 3.20. The Morgan fingerprint density at radius 2 is 2.14 bits per heavy atom. The number of aromatic nitrogens is 1. The van der Waals surface area contributed by atoms with Gasteiger partial charge in [-0.2, -0.15) is 0 Å². The molecule has 1 atom stereocenters. The lowest BCUT2D eigenvalue weighted by Gasteiger charge is -2.37. The zero-order valence-corrected chi connectivity index (χ0v) is 14.6. The molecule has 2 saturated carbocycles. The number of rotatable bonds is 4. The molecule has 0 bridgehead atoms. The van der Waals surface area contributed by atoms with Crippen LogP contribution in [0.5, 0.6) is 0 Å². The van der Waals surface area contributed by atoms with E-state index in [1.54, 1.807) is 11.3 Å². The SMILES string of the molecule is CN[C@H]1C[C@H](C(=O)Nc2cnc([C@@H]3CCCCC3(C)C)s2)C1. The van der Waals surface area contributed by atoms with E-state index < -0.39 is 0 Å². The van der Waals surface area contributed by atoms with Gasteiger partial charge in [-0.3, -0.25) is 4.79 Å². The molecule has 2 aliphatic carbocycles. The predicted octanol–water partition coefficient (Wildman–Crippen LogP) is 3.76. The van der Waals surface area contributed by atoms with E-state index in [-0.39, 0.29) is 11.8 Å². The summed E-state index contributed by atoms with van der Waals surface area (Å²) in [6.07, 6.45) is 8.85. The third-order valence-electron chi connectivity index (χ3n) is 5.49. The maximum Gasteiger partial charge on any atom is 0.228 e. The molecule has 5 heteroatoms. The Kier molecular flexibility index (Phi) is 4.55. The molecule has 0 unspecified atom stereocenters. The molecule has 22 heavy (non-hydrogen) atoms. The highest BCUT2D eigenvalue weighted by atomic mass is 32.1. The maximum absolute atomic E-state index is 12.2. The summed E-state index contributed by atoms with van der Waals surface area (Å²) in [7, 11) is 1.96. The standard InChI is InChI=1S/C17H27N3OS/c1-17(2)7-5-4-6-13(17)16-19-10-14(22-16)20-15(21)11-8-12(9-11)18-3/h10-13,18H,4-9H2,1-3H3,(H,20,21)/t11-,12-,13-/m0/s1. The van der Waals surface area contributed by atoms with Crippen LogP contribution in [0.2, 0.25) is 0 Å². The fourth-order valence-corrected chi connectivity index (χ4v) is 4.92. The Balaban J connectivity index is 1.60. The molecule has 3 rings (SSSR count). The van der Waals surface area contributed by atoms with Crippen LogP contribution in [0.25, 0.3) is 0 Å². The fraction of sp³-hybridized carbons (Fsp3) is 0.765. The first-order valence-electron chi connectivity index (χ1n) is 8.43. The molecule has 1 aromatic heterocycles. The van der Waals surface area contributed by atoms with Crippen LogP contribution in [0.15, 0.2) is 6.20 Å². The number of hydrogen-bond donors (Lipinski definition) is 2. The minimum Gasteiger partial charge on any atom is -0.317 e. The van der Waals surface area contributed by atoms with Gasteiger partial charge in [-0.05, 0) is 38.1 Å². The van der Waals surface area contributed by atoms with Crippen LogP contribution in [-0.2, 0) is 4.79 Å². The predicted molar refractivity (Wildman–Crippen MR) is 91.3 cm³/mol. The second-order valence-corrected chi connectivity index (χ2v) is 8.56. The summed E-state index contributed by atoms with van der Waals surface area (Å²) in [5.74, 6) is 0.855. The van der Waals surface area contributed by atoms with Gasteiger partial charge in [0, 0.05) is 17.9 Å². The number of amides is 1.